The van der Waals surface area contributed by atoms with Crippen molar-refractivity contribution in [2.75, 3.05) is 11.9 Å². The van der Waals surface area contributed by atoms with Crippen molar-refractivity contribution in [2.45, 2.75) is 52.9 Å². The fourth-order valence-corrected chi connectivity index (χ4v) is 4.54. The molecule has 0 bridgehead atoms. The molecule has 0 spiro atoms. The molecule has 0 aromatic heterocycles. The van der Waals surface area contributed by atoms with E-state index >= 15 is 0 Å². The monoisotopic (exact) mass is 373 g/mol. The molecule has 1 aliphatic rings. The molecule has 2 aromatic carbocycles. The van der Waals surface area contributed by atoms with E-state index in [4.69, 9.17) is 0 Å². The minimum absolute atomic E-state index is 0.227. The predicted molar refractivity (Wildman–Crippen MR) is 119 cm³/mol. The van der Waals surface area contributed by atoms with E-state index in [1.165, 1.54) is 39.2 Å². The number of Topliss-reactive ketones (excluding diaryl/α,β-unsaturated/α-hetero) is 1. The fourth-order valence-electron chi connectivity index (χ4n) is 4.54. The molecule has 2 aromatic rings. The van der Waals surface area contributed by atoms with Crippen molar-refractivity contribution < 1.29 is 4.79 Å². The van der Waals surface area contributed by atoms with Crippen molar-refractivity contribution in [2.24, 2.45) is 0 Å². The van der Waals surface area contributed by atoms with Gasteiger partial charge in [0.2, 0.25) is 0 Å². The maximum atomic E-state index is 13.0. The number of anilines is 1. The Bertz CT molecular complexity index is 982. The van der Waals surface area contributed by atoms with Gasteiger partial charge in [-0.3, -0.25) is 4.79 Å². The summed E-state index contributed by atoms with van der Waals surface area (Å²) in [4.78, 5) is 15.3. The lowest BCUT2D eigenvalue weighted by Crippen LogP contribution is -2.34. The summed E-state index contributed by atoms with van der Waals surface area (Å²) in [6.07, 6.45) is 3.35. The lowest BCUT2D eigenvalue weighted by molar-refractivity contribution is -0.122. The van der Waals surface area contributed by atoms with Gasteiger partial charge in [-0.15, -0.1) is 0 Å². The van der Waals surface area contributed by atoms with E-state index in [1.54, 1.807) is 6.92 Å². The summed E-state index contributed by atoms with van der Waals surface area (Å²) >= 11 is 0. The summed E-state index contributed by atoms with van der Waals surface area (Å²) in [7, 11) is 2.11. The van der Waals surface area contributed by atoms with Crippen molar-refractivity contribution in [3.63, 3.8) is 0 Å². The zero-order valence-corrected chi connectivity index (χ0v) is 18.0. The van der Waals surface area contributed by atoms with Gasteiger partial charge in [-0.2, -0.15) is 0 Å². The fraction of sp³-hybridized carbons (Fsp3) is 0.346. The molecule has 0 saturated heterocycles. The van der Waals surface area contributed by atoms with Gasteiger partial charge in [-0.05, 0) is 80.5 Å². The zero-order chi connectivity index (χ0) is 20.6. The molecule has 0 heterocycles. The zero-order valence-electron chi connectivity index (χ0n) is 18.0. The number of benzene rings is 2. The third-order valence-electron chi connectivity index (χ3n) is 6.50. The van der Waals surface area contributed by atoms with Crippen LogP contribution >= 0.6 is 0 Å². The van der Waals surface area contributed by atoms with Crippen molar-refractivity contribution in [1.29, 1.82) is 0 Å². The van der Waals surface area contributed by atoms with Crippen molar-refractivity contribution in [1.82, 2.24) is 0 Å². The number of hydrogen-bond acceptors (Lipinski definition) is 2. The molecule has 2 nitrogen and oxygen atoms in total. The van der Waals surface area contributed by atoms with Crippen LogP contribution in [0.25, 0.3) is 0 Å². The van der Waals surface area contributed by atoms with Crippen LogP contribution in [0.3, 0.4) is 0 Å². The van der Waals surface area contributed by atoms with Gasteiger partial charge in [0.25, 0.3) is 0 Å². The third-order valence-corrected chi connectivity index (χ3v) is 6.50. The molecule has 28 heavy (non-hydrogen) atoms. The first kappa shape index (κ1) is 20.1. The molecular formula is C26H31NO. The average Bonchev–Trinajstić information content (AvgIpc) is 3.06. The molecule has 0 saturated carbocycles. The minimum atomic E-state index is -0.513. The Morgan fingerprint density at radius 3 is 2.43 bits per heavy atom. The highest BCUT2D eigenvalue weighted by molar-refractivity contribution is 5.91. The molecule has 146 valence electrons. The second-order valence-corrected chi connectivity index (χ2v) is 8.26. The number of aryl methyl sites for hydroxylation is 3. The Balaban J connectivity index is 2.11. The summed E-state index contributed by atoms with van der Waals surface area (Å²) in [5, 5.41) is 0. The number of carbonyl (C=O) groups excluding carboxylic acids is 1. The summed E-state index contributed by atoms with van der Waals surface area (Å²) in [6.45, 7) is 14.3. The highest BCUT2D eigenvalue weighted by Crippen LogP contribution is 2.48. The number of allylic oxidation sites excluding steroid dienone is 3. The molecule has 3 rings (SSSR count). The van der Waals surface area contributed by atoms with E-state index in [0.717, 1.165) is 5.56 Å². The van der Waals surface area contributed by atoms with Crippen LogP contribution in [0.15, 0.2) is 60.3 Å². The van der Waals surface area contributed by atoms with Crippen molar-refractivity contribution in [3.05, 3.63) is 88.1 Å². The van der Waals surface area contributed by atoms with Gasteiger partial charge in [0.1, 0.15) is 5.78 Å². The van der Waals surface area contributed by atoms with Crippen molar-refractivity contribution >= 4 is 11.5 Å². The Hall–Kier alpha value is -2.61. The van der Waals surface area contributed by atoms with E-state index in [2.05, 4.69) is 82.6 Å². The van der Waals surface area contributed by atoms with E-state index in [-0.39, 0.29) is 5.78 Å². The topological polar surface area (TPSA) is 20.3 Å². The van der Waals surface area contributed by atoms with E-state index in [1.807, 2.05) is 6.08 Å². The predicted octanol–water partition coefficient (Wildman–Crippen LogP) is 6.12. The number of carbonyl (C=O) groups is 1. The molecule has 1 aliphatic carbocycles. The van der Waals surface area contributed by atoms with Gasteiger partial charge >= 0.3 is 0 Å². The van der Waals surface area contributed by atoms with Crippen LogP contribution in [0.1, 0.15) is 47.6 Å². The SMILES string of the molecule is C=CC1=C(N(C)c2cc(C)ccc2C)C[C@](C(C)=O)(c2cccc(C)c2C)C1. The smallest absolute Gasteiger partial charge is 0.141 e. The number of nitrogens with zero attached hydrogens (tertiary/aromatic N) is 1. The van der Waals surface area contributed by atoms with E-state index in [0.29, 0.717) is 12.8 Å². The van der Waals surface area contributed by atoms with Gasteiger partial charge in [0.05, 0.1) is 5.41 Å². The maximum Gasteiger partial charge on any atom is 0.141 e. The Kier molecular flexibility index (Phi) is 5.34. The minimum Gasteiger partial charge on any atom is -0.348 e. The number of ketones is 1. The van der Waals surface area contributed by atoms with Gasteiger partial charge in [0.15, 0.2) is 0 Å². The van der Waals surface area contributed by atoms with Crippen LogP contribution in [-0.2, 0) is 10.2 Å². The largest absolute Gasteiger partial charge is 0.348 e. The normalized spacial score (nSPS) is 19.1. The quantitative estimate of drug-likeness (QED) is 0.629. The first-order chi connectivity index (χ1) is 13.2. The Morgan fingerprint density at radius 1 is 1.07 bits per heavy atom. The molecule has 0 amide bonds. The summed E-state index contributed by atoms with van der Waals surface area (Å²) < 4.78 is 0. The van der Waals surface area contributed by atoms with Crippen LogP contribution in [-0.4, -0.2) is 12.8 Å². The Morgan fingerprint density at radius 2 is 1.79 bits per heavy atom. The van der Waals surface area contributed by atoms with Crippen LogP contribution in [0.2, 0.25) is 0 Å². The molecule has 1 atom stereocenters. The highest BCUT2D eigenvalue weighted by Gasteiger charge is 2.45. The average molecular weight is 374 g/mol. The summed E-state index contributed by atoms with van der Waals surface area (Å²) in [5.74, 6) is 0.227. The standard InChI is InChI=1S/C26H31NO/c1-8-22-15-26(21(6)28,23-11-9-10-18(3)20(23)5)16-25(22)27(7)24-14-17(2)12-13-19(24)4/h8-14H,1,15-16H2,2-7H3/t26-/m1/s1. The second-order valence-electron chi connectivity index (χ2n) is 8.26. The summed E-state index contributed by atoms with van der Waals surface area (Å²) in [6, 6.07) is 12.8. The first-order valence-electron chi connectivity index (χ1n) is 9.94. The lowest BCUT2D eigenvalue weighted by Gasteiger charge is -2.31. The highest BCUT2D eigenvalue weighted by atomic mass is 16.1. The third kappa shape index (κ3) is 3.22. The van der Waals surface area contributed by atoms with Crippen LogP contribution in [0, 0.1) is 27.7 Å². The van der Waals surface area contributed by atoms with E-state index in [9.17, 15) is 4.79 Å². The summed E-state index contributed by atoms with van der Waals surface area (Å²) in [5.41, 5.74) is 9.11. The maximum absolute atomic E-state index is 13.0. The molecule has 0 aliphatic heterocycles. The second kappa shape index (κ2) is 7.43. The molecule has 0 N–H and O–H groups in total. The molecule has 0 radical (unpaired) electrons. The van der Waals surface area contributed by atoms with Crippen LogP contribution < -0.4 is 4.90 Å². The Labute approximate surface area is 169 Å². The van der Waals surface area contributed by atoms with Gasteiger partial charge < -0.3 is 4.90 Å². The van der Waals surface area contributed by atoms with Gasteiger partial charge in [-0.25, -0.2) is 0 Å². The molecular weight excluding hydrogens is 342 g/mol. The van der Waals surface area contributed by atoms with Crippen molar-refractivity contribution in [3.8, 4) is 0 Å². The molecule has 0 fully saturated rings. The van der Waals surface area contributed by atoms with Gasteiger partial charge in [0, 0.05) is 24.9 Å². The molecule has 0 unspecified atom stereocenters. The molecule has 2 heteroatoms. The van der Waals surface area contributed by atoms with E-state index < -0.39 is 5.41 Å². The van der Waals surface area contributed by atoms with Crippen LogP contribution in [0.5, 0.6) is 0 Å². The van der Waals surface area contributed by atoms with Gasteiger partial charge in [-0.1, -0.05) is 43.0 Å². The number of hydrogen-bond donors (Lipinski definition) is 0. The lowest BCUT2D eigenvalue weighted by atomic mass is 9.72. The number of rotatable bonds is 5. The first-order valence-corrected chi connectivity index (χ1v) is 9.94. The van der Waals surface area contributed by atoms with Crippen LogP contribution in [0.4, 0.5) is 5.69 Å².